The predicted molar refractivity (Wildman–Crippen MR) is 63.7 cm³/mol. The molecule has 0 aliphatic heterocycles. The van der Waals surface area contributed by atoms with Crippen LogP contribution in [0.5, 0.6) is 0 Å². The molecule has 0 saturated heterocycles. The van der Waals surface area contributed by atoms with Crippen molar-refractivity contribution in [1.29, 1.82) is 0 Å². The number of nitrogens with one attached hydrogen (secondary N) is 1. The van der Waals surface area contributed by atoms with Gasteiger partial charge < -0.3 is 10.2 Å². The molecule has 0 aromatic carbocycles. The largest absolute Gasteiger partial charge is 0.366 e. The van der Waals surface area contributed by atoms with Gasteiger partial charge in [-0.1, -0.05) is 11.6 Å². The Morgan fingerprint density at radius 1 is 1.40 bits per heavy atom. The third kappa shape index (κ3) is 4.64. The number of likely N-dealkylation sites (N-methyl/N-ethyl adjacent to an activating group) is 1. The molecule has 0 radical (unpaired) electrons. The summed E-state index contributed by atoms with van der Waals surface area (Å²) >= 11 is 11.4. The Morgan fingerprint density at radius 2 is 2.07 bits per heavy atom. The summed E-state index contributed by atoms with van der Waals surface area (Å²) in [6, 6.07) is 1.92. The molecule has 1 aromatic heterocycles. The number of hydrogen-bond acceptors (Lipinski definition) is 4. The zero-order valence-corrected chi connectivity index (χ0v) is 10.5. The quantitative estimate of drug-likeness (QED) is 0.655. The number of nitrogens with zero attached hydrogens (tertiary/aromatic N) is 3. The minimum Gasteiger partial charge on any atom is -0.366 e. The summed E-state index contributed by atoms with van der Waals surface area (Å²) in [5.74, 6) is 0.648. The monoisotopic (exact) mass is 248 g/mol. The molecule has 1 N–H and O–H groups in total. The fourth-order valence-electron chi connectivity index (χ4n) is 1.31. The average molecular weight is 249 g/mol. The molecule has 0 bridgehead atoms. The number of halogens is 2. The van der Waals surface area contributed by atoms with Crippen molar-refractivity contribution in [3.63, 3.8) is 0 Å². The van der Waals surface area contributed by atoms with Gasteiger partial charge in [0.05, 0.1) is 0 Å². The summed E-state index contributed by atoms with van der Waals surface area (Å²) < 4.78 is 0. The van der Waals surface area contributed by atoms with Crippen molar-refractivity contribution in [2.24, 2.45) is 0 Å². The van der Waals surface area contributed by atoms with E-state index in [0.29, 0.717) is 11.0 Å². The van der Waals surface area contributed by atoms with Crippen LogP contribution in [-0.2, 0) is 0 Å². The van der Waals surface area contributed by atoms with Crippen molar-refractivity contribution < 1.29 is 0 Å². The molecule has 1 atom stereocenters. The van der Waals surface area contributed by atoms with Gasteiger partial charge in [-0.2, -0.15) is 0 Å². The molecule has 0 aliphatic carbocycles. The highest BCUT2D eigenvalue weighted by molar-refractivity contribution is 6.32. The second-order valence-corrected chi connectivity index (χ2v) is 4.38. The van der Waals surface area contributed by atoms with E-state index in [2.05, 4.69) is 27.1 Å². The van der Waals surface area contributed by atoms with E-state index in [1.54, 1.807) is 6.07 Å². The lowest BCUT2D eigenvalue weighted by Crippen LogP contribution is -2.29. The summed E-state index contributed by atoms with van der Waals surface area (Å²) in [6.07, 6.45) is 0. The van der Waals surface area contributed by atoms with Gasteiger partial charge in [-0.05, 0) is 32.6 Å². The van der Waals surface area contributed by atoms with Crippen molar-refractivity contribution in [3.05, 3.63) is 16.5 Å². The first-order chi connectivity index (χ1) is 6.97. The fraction of sp³-hybridized carbons (Fsp3) is 0.556. The Balaban J connectivity index is 2.63. The lowest BCUT2D eigenvalue weighted by Gasteiger charge is -2.18. The van der Waals surface area contributed by atoms with Gasteiger partial charge in [0.25, 0.3) is 0 Å². The topological polar surface area (TPSA) is 41.0 Å². The Hall–Kier alpha value is -0.580. The minimum absolute atomic E-state index is 0.155. The molecule has 0 saturated carbocycles. The highest BCUT2D eigenvalue weighted by atomic mass is 35.5. The first kappa shape index (κ1) is 12.5. The molecule has 0 amide bonds. The maximum absolute atomic E-state index is 5.75. The SMILES string of the molecule is CC(CN(C)C)Nc1cc(Cl)nc(Cl)n1. The third-order valence-corrected chi connectivity index (χ3v) is 2.06. The van der Waals surface area contributed by atoms with Crippen LogP contribution in [0.4, 0.5) is 5.82 Å². The molecule has 1 aromatic rings. The van der Waals surface area contributed by atoms with Gasteiger partial charge in [-0.3, -0.25) is 0 Å². The molecule has 4 nitrogen and oxygen atoms in total. The van der Waals surface area contributed by atoms with E-state index < -0.39 is 0 Å². The van der Waals surface area contributed by atoms with Gasteiger partial charge in [-0.25, -0.2) is 9.97 Å². The van der Waals surface area contributed by atoms with E-state index in [9.17, 15) is 0 Å². The van der Waals surface area contributed by atoms with Gasteiger partial charge in [0.1, 0.15) is 11.0 Å². The summed E-state index contributed by atoms with van der Waals surface area (Å²) in [5.41, 5.74) is 0. The highest BCUT2D eigenvalue weighted by Crippen LogP contribution is 2.14. The number of hydrogen-bond donors (Lipinski definition) is 1. The van der Waals surface area contributed by atoms with Crippen LogP contribution in [0.1, 0.15) is 6.92 Å². The number of anilines is 1. The van der Waals surface area contributed by atoms with E-state index >= 15 is 0 Å². The summed E-state index contributed by atoms with van der Waals surface area (Å²) in [4.78, 5) is 9.88. The molecule has 0 aliphatic rings. The van der Waals surface area contributed by atoms with Crippen LogP contribution in [0.15, 0.2) is 6.07 Å². The highest BCUT2D eigenvalue weighted by Gasteiger charge is 2.06. The zero-order chi connectivity index (χ0) is 11.4. The first-order valence-electron chi connectivity index (χ1n) is 4.58. The Bertz CT molecular complexity index is 310. The second kappa shape index (κ2) is 5.49. The number of rotatable bonds is 4. The molecule has 1 rings (SSSR count). The lowest BCUT2D eigenvalue weighted by atomic mass is 10.3. The van der Waals surface area contributed by atoms with E-state index in [4.69, 9.17) is 23.2 Å². The Morgan fingerprint density at radius 3 is 2.60 bits per heavy atom. The first-order valence-corrected chi connectivity index (χ1v) is 5.34. The van der Waals surface area contributed by atoms with Gasteiger partial charge in [-0.15, -0.1) is 0 Å². The van der Waals surface area contributed by atoms with Crippen LogP contribution < -0.4 is 5.32 Å². The van der Waals surface area contributed by atoms with Crippen molar-refractivity contribution in [3.8, 4) is 0 Å². The van der Waals surface area contributed by atoms with Crippen LogP contribution in [0.2, 0.25) is 10.4 Å². The second-order valence-electron chi connectivity index (χ2n) is 3.65. The van der Waals surface area contributed by atoms with Crippen LogP contribution in [-0.4, -0.2) is 41.5 Å². The fourth-order valence-corrected chi connectivity index (χ4v) is 1.72. The minimum atomic E-state index is 0.155. The molecule has 6 heteroatoms. The maximum atomic E-state index is 5.75. The van der Waals surface area contributed by atoms with Gasteiger partial charge in [0.2, 0.25) is 5.28 Å². The maximum Gasteiger partial charge on any atom is 0.225 e. The van der Waals surface area contributed by atoms with Gasteiger partial charge in [0.15, 0.2) is 0 Å². The predicted octanol–water partition coefficient (Wildman–Crippen LogP) is 2.15. The van der Waals surface area contributed by atoms with Crippen LogP contribution >= 0.6 is 23.2 Å². The summed E-state index contributed by atoms with van der Waals surface area (Å²) in [7, 11) is 4.02. The zero-order valence-electron chi connectivity index (χ0n) is 8.96. The molecule has 1 unspecified atom stereocenters. The van der Waals surface area contributed by atoms with E-state index in [1.807, 2.05) is 14.1 Å². The normalized spacial score (nSPS) is 12.9. The molecule has 15 heavy (non-hydrogen) atoms. The Labute approximate surface area is 99.6 Å². The lowest BCUT2D eigenvalue weighted by molar-refractivity contribution is 0.392. The van der Waals surface area contributed by atoms with Crippen molar-refractivity contribution in [1.82, 2.24) is 14.9 Å². The van der Waals surface area contributed by atoms with Crippen LogP contribution in [0, 0.1) is 0 Å². The van der Waals surface area contributed by atoms with E-state index in [0.717, 1.165) is 6.54 Å². The standard InChI is InChI=1S/C9H14Cl2N4/c1-6(5-15(2)3)12-8-4-7(10)13-9(11)14-8/h4,6H,5H2,1-3H3,(H,12,13,14). The molecular formula is C9H14Cl2N4. The molecule has 0 spiro atoms. The summed E-state index contributed by atoms with van der Waals surface area (Å²) in [5, 5.41) is 3.69. The van der Waals surface area contributed by atoms with Crippen molar-refractivity contribution >= 4 is 29.0 Å². The molecule has 1 heterocycles. The molecular weight excluding hydrogens is 235 g/mol. The van der Waals surface area contributed by atoms with E-state index in [1.165, 1.54) is 0 Å². The molecule has 0 fully saturated rings. The Kier molecular flexibility index (Phi) is 4.57. The summed E-state index contributed by atoms with van der Waals surface area (Å²) in [6.45, 7) is 2.96. The third-order valence-electron chi connectivity index (χ3n) is 1.70. The average Bonchev–Trinajstić information content (AvgIpc) is 1.98. The smallest absolute Gasteiger partial charge is 0.225 e. The number of aromatic nitrogens is 2. The van der Waals surface area contributed by atoms with Gasteiger partial charge >= 0.3 is 0 Å². The van der Waals surface area contributed by atoms with Crippen molar-refractivity contribution in [2.75, 3.05) is 26.0 Å². The van der Waals surface area contributed by atoms with E-state index in [-0.39, 0.29) is 11.3 Å². The molecule has 84 valence electrons. The van der Waals surface area contributed by atoms with Crippen molar-refractivity contribution in [2.45, 2.75) is 13.0 Å². The van der Waals surface area contributed by atoms with Crippen LogP contribution in [0.3, 0.4) is 0 Å². The van der Waals surface area contributed by atoms with Crippen LogP contribution in [0.25, 0.3) is 0 Å². The van der Waals surface area contributed by atoms with Gasteiger partial charge in [0, 0.05) is 18.7 Å².